The first kappa shape index (κ1) is 18.0. The number of piperazine rings is 1. The van der Waals surface area contributed by atoms with Crippen molar-refractivity contribution in [3.63, 3.8) is 0 Å². The molecule has 0 amide bonds. The molecule has 2 heterocycles. The second kappa shape index (κ2) is 8.54. The lowest BCUT2D eigenvalue weighted by Crippen LogP contribution is -2.56. The zero-order valence-corrected chi connectivity index (χ0v) is 15.4. The molecule has 3 rings (SSSR count). The van der Waals surface area contributed by atoms with Crippen molar-refractivity contribution in [2.75, 3.05) is 65.0 Å². The maximum atomic E-state index is 5.81. The molecule has 6 nitrogen and oxygen atoms in total. The van der Waals surface area contributed by atoms with E-state index in [2.05, 4.69) is 50.4 Å². The minimum atomic E-state index is -0.139. The zero-order valence-electron chi connectivity index (χ0n) is 15.4. The lowest BCUT2D eigenvalue weighted by molar-refractivity contribution is -0.0857. The van der Waals surface area contributed by atoms with Gasteiger partial charge in [0, 0.05) is 78.6 Å². The van der Waals surface area contributed by atoms with Gasteiger partial charge in [-0.15, -0.1) is 0 Å². The summed E-state index contributed by atoms with van der Waals surface area (Å²) in [6.45, 7) is 6.27. The van der Waals surface area contributed by atoms with Crippen molar-refractivity contribution < 1.29 is 9.47 Å². The summed E-state index contributed by atoms with van der Waals surface area (Å²) in [7, 11) is 3.66. The van der Waals surface area contributed by atoms with Gasteiger partial charge in [-0.2, -0.15) is 0 Å². The molecule has 138 valence electrons. The highest BCUT2D eigenvalue weighted by Gasteiger charge is 2.33. The highest BCUT2D eigenvalue weighted by atomic mass is 16.5. The monoisotopic (exact) mass is 346 g/mol. The van der Waals surface area contributed by atoms with E-state index < -0.39 is 0 Å². The minimum Gasteiger partial charge on any atom is -0.381 e. The molecular weight excluding hydrogens is 316 g/mol. The molecular formula is C19H30N4O2. The van der Waals surface area contributed by atoms with Crippen molar-refractivity contribution in [1.29, 1.82) is 0 Å². The normalized spacial score (nSPS) is 21.3. The highest BCUT2D eigenvalue weighted by Crippen LogP contribution is 2.23. The zero-order chi connectivity index (χ0) is 17.5. The Bertz CT molecular complexity index is 550. The summed E-state index contributed by atoms with van der Waals surface area (Å²) in [5.74, 6) is 0.968. The first-order valence-electron chi connectivity index (χ1n) is 9.15. The molecule has 1 aromatic rings. The van der Waals surface area contributed by atoms with E-state index >= 15 is 0 Å². The summed E-state index contributed by atoms with van der Waals surface area (Å²) >= 11 is 0. The Balaban J connectivity index is 1.52. The van der Waals surface area contributed by atoms with Crippen LogP contribution in [0.15, 0.2) is 35.3 Å². The van der Waals surface area contributed by atoms with Crippen LogP contribution in [0, 0.1) is 0 Å². The Morgan fingerprint density at radius 2 is 1.84 bits per heavy atom. The van der Waals surface area contributed by atoms with Crippen molar-refractivity contribution in [2.45, 2.75) is 18.4 Å². The highest BCUT2D eigenvalue weighted by molar-refractivity contribution is 5.80. The summed E-state index contributed by atoms with van der Waals surface area (Å²) in [4.78, 5) is 9.25. The molecule has 0 bridgehead atoms. The third kappa shape index (κ3) is 4.44. The maximum absolute atomic E-state index is 5.81. The largest absolute Gasteiger partial charge is 0.381 e. The van der Waals surface area contributed by atoms with Gasteiger partial charge in [0.2, 0.25) is 0 Å². The summed E-state index contributed by atoms with van der Waals surface area (Å²) in [6.07, 6.45) is 1.85. The van der Waals surface area contributed by atoms with Crippen molar-refractivity contribution in [2.24, 2.45) is 4.99 Å². The first-order chi connectivity index (χ1) is 12.3. The number of methoxy groups -OCH3 is 1. The van der Waals surface area contributed by atoms with Crippen molar-refractivity contribution >= 4 is 11.6 Å². The number of ether oxygens (including phenoxy) is 2. The van der Waals surface area contributed by atoms with E-state index in [0.29, 0.717) is 0 Å². The van der Waals surface area contributed by atoms with E-state index in [9.17, 15) is 0 Å². The number of nitrogens with zero attached hydrogens (tertiary/aromatic N) is 3. The van der Waals surface area contributed by atoms with Gasteiger partial charge in [0.05, 0.1) is 5.60 Å². The van der Waals surface area contributed by atoms with Crippen molar-refractivity contribution in [3.05, 3.63) is 30.3 Å². The summed E-state index contributed by atoms with van der Waals surface area (Å²) in [5.41, 5.74) is 1.16. The van der Waals surface area contributed by atoms with E-state index in [4.69, 9.17) is 9.47 Å². The predicted octanol–water partition coefficient (Wildman–Crippen LogP) is 1.58. The van der Waals surface area contributed by atoms with Crippen LogP contribution in [0.2, 0.25) is 0 Å². The first-order valence-corrected chi connectivity index (χ1v) is 9.15. The fourth-order valence-corrected chi connectivity index (χ4v) is 3.58. The number of anilines is 1. The smallest absolute Gasteiger partial charge is 0.193 e. The molecule has 2 aliphatic heterocycles. The topological polar surface area (TPSA) is 49.3 Å². The van der Waals surface area contributed by atoms with Crippen LogP contribution < -0.4 is 10.2 Å². The molecule has 1 N–H and O–H groups in total. The van der Waals surface area contributed by atoms with Gasteiger partial charge in [0.25, 0.3) is 0 Å². The number of nitrogens with one attached hydrogen (secondary N) is 1. The van der Waals surface area contributed by atoms with E-state index in [1.54, 1.807) is 7.11 Å². The Morgan fingerprint density at radius 1 is 1.16 bits per heavy atom. The molecule has 0 atom stereocenters. The van der Waals surface area contributed by atoms with Crippen LogP contribution in [-0.2, 0) is 9.47 Å². The van der Waals surface area contributed by atoms with E-state index in [1.807, 2.05) is 7.05 Å². The van der Waals surface area contributed by atoms with Crippen LogP contribution >= 0.6 is 0 Å². The Hall–Kier alpha value is -1.79. The Labute approximate surface area is 150 Å². The third-order valence-electron chi connectivity index (χ3n) is 5.32. The number of hydrogen-bond acceptors (Lipinski definition) is 4. The number of rotatable bonds is 4. The number of benzene rings is 1. The number of hydrogen-bond donors (Lipinski definition) is 1. The lowest BCUT2D eigenvalue weighted by atomic mass is 9.94. The lowest BCUT2D eigenvalue weighted by Gasteiger charge is -2.40. The molecule has 2 aliphatic rings. The molecule has 0 radical (unpaired) electrons. The maximum Gasteiger partial charge on any atom is 0.193 e. The van der Waals surface area contributed by atoms with E-state index in [0.717, 1.165) is 64.7 Å². The molecule has 2 fully saturated rings. The van der Waals surface area contributed by atoms with E-state index in [1.165, 1.54) is 5.69 Å². The fraction of sp³-hybridized carbons (Fsp3) is 0.632. The van der Waals surface area contributed by atoms with Gasteiger partial charge in [-0.1, -0.05) is 18.2 Å². The van der Waals surface area contributed by atoms with Crippen molar-refractivity contribution in [1.82, 2.24) is 10.2 Å². The van der Waals surface area contributed by atoms with Crippen LogP contribution in [0.1, 0.15) is 12.8 Å². The molecule has 0 saturated carbocycles. The number of aliphatic imine (C=N–C) groups is 1. The van der Waals surface area contributed by atoms with Gasteiger partial charge < -0.3 is 24.6 Å². The average Bonchev–Trinajstić information content (AvgIpc) is 2.70. The number of guanidine groups is 1. The number of para-hydroxylation sites is 1. The quantitative estimate of drug-likeness (QED) is 0.663. The summed E-state index contributed by atoms with van der Waals surface area (Å²) < 4.78 is 11.3. The van der Waals surface area contributed by atoms with Gasteiger partial charge in [0.1, 0.15) is 0 Å². The molecule has 0 spiro atoms. The van der Waals surface area contributed by atoms with Gasteiger partial charge in [0.15, 0.2) is 5.96 Å². The molecule has 0 unspecified atom stereocenters. The van der Waals surface area contributed by atoms with Crippen molar-refractivity contribution in [3.8, 4) is 0 Å². The fourth-order valence-electron chi connectivity index (χ4n) is 3.58. The molecule has 2 saturated heterocycles. The van der Waals surface area contributed by atoms with Gasteiger partial charge >= 0.3 is 0 Å². The Morgan fingerprint density at radius 3 is 2.44 bits per heavy atom. The van der Waals surface area contributed by atoms with Gasteiger partial charge in [-0.05, 0) is 12.1 Å². The molecule has 0 aliphatic carbocycles. The SMILES string of the molecule is CN=C(NCC1(OC)CCOCC1)N1CCN(c2ccccc2)CC1. The molecule has 1 aromatic carbocycles. The second-order valence-corrected chi connectivity index (χ2v) is 6.71. The second-order valence-electron chi connectivity index (χ2n) is 6.71. The predicted molar refractivity (Wildman–Crippen MR) is 101 cm³/mol. The molecule has 0 aromatic heterocycles. The Kier molecular flexibility index (Phi) is 6.15. The van der Waals surface area contributed by atoms with E-state index in [-0.39, 0.29) is 5.60 Å². The standard InChI is InChI=1S/C19H30N4O2/c1-20-18(21-16-19(24-2)8-14-25-15-9-19)23-12-10-22(11-13-23)17-6-4-3-5-7-17/h3-7H,8-16H2,1-2H3,(H,20,21). The molecule has 6 heteroatoms. The van der Waals surface area contributed by atoms with Gasteiger partial charge in [-0.25, -0.2) is 0 Å². The van der Waals surface area contributed by atoms with Crippen LogP contribution in [0.4, 0.5) is 5.69 Å². The van der Waals surface area contributed by atoms with Gasteiger partial charge in [-0.3, -0.25) is 4.99 Å². The summed E-state index contributed by atoms with van der Waals surface area (Å²) in [5, 5.41) is 3.53. The van der Waals surface area contributed by atoms with Crippen LogP contribution in [0.5, 0.6) is 0 Å². The molecule has 25 heavy (non-hydrogen) atoms. The summed E-state index contributed by atoms with van der Waals surface area (Å²) in [6, 6.07) is 10.6. The average molecular weight is 346 g/mol. The minimum absolute atomic E-state index is 0.139. The van der Waals surface area contributed by atoms with Crippen LogP contribution in [0.25, 0.3) is 0 Å². The van der Waals surface area contributed by atoms with Crippen LogP contribution in [-0.4, -0.2) is 76.6 Å². The third-order valence-corrected chi connectivity index (χ3v) is 5.32. The van der Waals surface area contributed by atoms with Crippen LogP contribution in [0.3, 0.4) is 0 Å².